The zero-order valence-electron chi connectivity index (χ0n) is 11.0. The second-order valence-corrected chi connectivity index (χ2v) is 6.70. The van der Waals surface area contributed by atoms with E-state index in [0.717, 1.165) is 18.3 Å². The Bertz CT molecular complexity index is 462. The third-order valence-electron chi connectivity index (χ3n) is 4.93. The van der Waals surface area contributed by atoms with Crippen LogP contribution >= 0.6 is 11.6 Å². The molecule has 2 aliphatic carbocycles. The number of rotatable bonds is 4. The molecule has 2 saturated carbocycles. The van der Waals surface area contributed by atoms with E-state index in [2.05, 4.69) is 0 Å². The van der Waals surface area contributed by atoms with Crippen LogP contribution in [0.1, 0.15) is 37.7 Å². The largest absolute Gasteiger partial charge is 0.393 e. The lowest BCUT2D eigenvalue weighted by atomic mass is 9.84. The molecule has 4 unspecified atom stereocenters. The smallest absolute Gasteiger partial charge is 0.127 e. The minimum absolute atomic E-state index is 0.306. The van der Waals surface area contributed by atoms with Crippen molar-refractivity contribution < 1.29 is 9.50 Å². The van der Waals surface area contributed by atoms with Crippen molar-refractivity contribution in [1.29, 1.82) is 0 Å². The fraction of sp³-hybridized carbons (Fsp3) is 0.625. The molecule has 1 N–H and O–H groups in total. The van der Waals surface area contributed by atoms with Crippen LogP contribution in [-0.4, -0.2) is 11.2 Å². The van der Waals surface area contributed by atoms with Crippen molar-refractivity contribution >= 4 is 11.6 Å². The zero-order valence-corrected chi connectivity index (χ0v) is 11.7. The van der Waals surface area contributed by atoms with E-state index in [1.165, 1.54) is 31.7 Å². The number of halogens is 2. The first-order valence-electron chi connectivity index (χ1n) is 7.24. The number of hydrogen-bond donors (Lipinski definition) is 1. The van der Waals surface area contributed by atoms with E-state index in [-0.39, 0.29) is 5.82 Å². The standard InChI is InChI=1S/C16H20ClFO/c17-14-4-3-12(16(18)9-14)7-15(19)8-13-6-10-1-2-11(13)5-10/h3-4,9-11,13,15,19H,1-2,5-8H2. The number of hydrogen-bond acceptors (Lipinski definition) is 1. The SMILES string of the molecule is OC(Cc1ccc(Cl)cc1F)CC1CC2CCC1C2. The van der Waals surface area contributed by atoms with Crippen LogP contribution in [0.25, 0.3) is 0 Å². The molecule has 1 aromatic carbocycles. The van der Waals surface area contributed by atoms with Crippen LogP contribution in [0.15, 0.2) is 18.2 Å². The Balaban J connectivity index is 1.57. The molecule has 0 spiro atoms. The molecule has 2 bridgehead atoms. The molecule has 1 nitrogen and oxygen atoms in total. The molecule has 2 fully saturated rings. The highest BCUT2D eigenvalue weighted by molar-refractivity contribution is 6.30. The first kappa shape index (κ1) is 13.4. The molecule has 1 aromatic rings. The first-order valence-corrected chi connectivity index (χ1v) is 7.61. The van der Waals surface area contributed by atoms with Crippen molar-refractivity contribution in [2.45, 2.75) is 44.6 Å². The van der Waals surface area contributed by atoms with Gasteiger partial charge in [0.2, 0.25) is 0 Å². The zero-order chi connectivity index (χ0) is 13.4. The molecule has 3 rings (SSSR count). The Morgan fingerprint density at radius 2 is 2.16 bits per heavy atom. The predicted molar refractivity (Wildman–Crippen MR) is 74.7 cm³/mol. The summed E-state index contributed by atoms with van der Waals surface area (Å²) >= 11 is 5.73. The van der Waals surface area contributed by atoms with Crippen molar-refractivity contribution in [2.75, 3.05) is 0 Å². The molecular formula is C16H20ClFO. The fourth-order valence-corrected chi connectivity index (χ4v) is 4.20. The normalized spacial score (nSPS) is 30.8. The Hall–Kier alpha value is -0.600. The average Bonchev–Trinajstić information content (AvgIpc) is 2.95. The second kappa shape index (κ2) is 5.41. The molecule has 104 valence electrons. The van der Waals surface area contributed by atoms with E-state index in [1.807, 2.05) is 0 Å². The van der Waals surface area contributed by atoms with E-state index in [4.69, 9.17) is 11.6 Å². The van der Waals surface area contributed by atoms with Gasteiger partial charge in [0.05, 0.1) is 6.10 Å². The number of aliphatic hydroxyl groups excluding tert-OH is 1. The Morgan fingerprint density at radius 1 is 1.32 bits per heavy atom. The third-order valence-corrected chi connectivity index (χ3v) is 5.17. The van der Waals surface area contributed by atoms with Crippen LogP contribution in [0.2, 0.25) is 5.02 Å². The highest BCUT2D eigenvalue weighted by atomic mass is 35.5. The molecule has 4 atom stereocenters. The molecule has 3 heteroatoms. The van der Waals surface area contributed by atoms with Crippen LogP contribution in [-0.2, 0) is 6.42 Å². The lowest BCUT2D eigenvalue weighted by Crippen LogP contribution is -2.20. The summed E-state index contributed by atoms with van der Waals surface area (Å²) in [5.41, 5.74) is 0.569. The second-order valence-electron chi connectivity index (χ2n) is 6.26. The van der Waals surface area contributed by atoms with Crippen molar-refractivity contribution in [3.63, 3.8) is 0 Å². The Morgan fingerprint density at radius 3 is 2.79 bits per heavy atom. The highest BCUT2D eigenvalue weighted by Gasteiger charge is 2.39. The van der Waals surface area contributed by atoms with Crippen LogP contribution in [0.4, 0.5) is 4.39 Å². The quantitative estimate of drug-likeness (QED) is 0.877. The van der Waals surface area contributed by atoms with Gasteiger partial charge in [-0.2, -0.15) is 0 Å². The van der Waals surface area contributed by atoms with Gasteiger partial charge in [0.25, 0.3) is 0 Å². The number of benzene rings is 1. The molecule has 0 heterocycles. The van der Waals surface area contributed by atoms with Gasteiger partial charge < -0.3 is 5.11 Å². The monoisotopic (exact) mass is 282 g/mol. The van der Waals surface area contributed by atoms with Crippen molar-refractivity contribution in [2.24, 2.45) is 17.8 Å². The first-order chi connectivity index (χ1) is 9.11. The molecular weight excluding hydrogens is 263 g/mol. The molecule has 0 amide bonds. The Kier molecular flexibility index (Phi) is 3.81. The summed E-state index contributed by atoms with van der Waals surface area (Å²) in [6.07, 6.45) is 6.12. The molecule has 0 aliphatic heterocycles. The summed E-state index contributed by atoms with van der Waals surface area (Å²) in [5, 5.41) is 10.6. The molecule has 0 saturated heterocycles. The van der Waals surface area contributed by atoms with Gasteiger partial charge >= 0.3 is 0 Å². The van der Waals surface area contributed by atoms with Crippen LogP contribution in [0.5, 0.6) is 0 Å². The third kappa shape index (κ3) is 2.95. The van der Waals surface area contributed by atoms with Gasteiger partial charge in [-0.25, -0.2) is 4.39 Å². The summed E-state index contributed by atoms with van der Waals surface area (Å²) in [6.45, 7) is 0. The number of fused-ring (bicyclic) bond motifs is 2. The summed E-state index contributed by atoms with van der Waals surface area (Å²) in [7, 11) is 0. The van der Waals surface area contributed by atoms with Gasteiger partial charge in [0.1, 0.15) is 5.82 Å². The van der Waals surface area contributed by atoms with Crippen LogP contribution in [0.3, 0.4) is 0 Å². The van der Waals surface area contributed by atoms with E-state index in [1.54, 1.807) is 12.1 Å². The van der Waals surface area contributed by atoms with Crippen LogP contribution < -0.4 is 0 Å². The maximum Gasteiger partial charge on any atom is 0.127 e. The molecule has 0 radical (unpaired) electrons. The van der Waals surface area contributed by atoms with E-state index < -0.39 is 6.10 Å². The summed E-state index contributed by atoms with van der Waals surface area (Å²) in [6, 6.07) is 4.69. The van der Waals surface area contributed by atoms with E-state index in [0.29, 0.717) is 22.9 Å². The van der Waals surface area contributed by atoms with Gasteiger partial charge in [-0.15, -0.1) is 0 Å². The van der Waals surface area contributed by atoms with Crippen molar-refractivity contribution in [1.82, 2.24) is 0 Å². The van der Waals surface area contributed by atoms with Gasteiger partial charge in [0, 0.05) is 11.4 Å². The molecule has 19 heavy (non-hydrogen) atoms. The average molecular weight is 283 g/mol. The lowest BCUT2D eigenvalue weighted by molar-refractivity contribution is 0.124. The minimum Gasteiger partial charge on any atom is -0.393 e. The number of aliphatic hydroxyl groups is 1. The van der Waals surface area contributed by atoms with Crippen molar-refractivity contribution in [3.8, 4) is 0 Å². The maximum atomic E-state index is 13.7. The summed E-state index contributed by atoms with van der Waals surface area (Å²) < 4.78 is 13.7. The highest BCUT2D eigenvalue weighted by Crippen LogP contribution is 2.50. The summed E-state index contributed by atoms with van der Waals surface area (Å²) in [5.74, 6) is 2.06. The van der Waals surface area contributed by atoms with E-state index >= 15 is 0 Å². The van der Waals surface area contributed by atoms with Gasteiger partial charge in [-0.1, -0.05) is 24.1 Å². The minimum atomic E-state index is -0.431. The predicted octanol–water partition coefficient (Wildman–Crippen LogP) is 4.21. The maximum absolute atomic E-state index is 13.7. The van der Waals surface area contributed by atoms with Gasteiger partial charge in [-0.05, 0) is 61.1 Å². The van der Waals surface area contributed by atoms with Gasteiger partial charge in [0.15, 0.2) is 0 Å². The Labute approximate surface area is 118 Å². The lowest BCUT2D eigenvalue weighted by Gasteiger charge is -2.24. The molecule has 0 aromatic heterocycles. The van der Waals surface area contributed by atoms with Crippen LogP contribution in [0, 0.1) is 23.6 Å². The molecule has 2 aliphatic rings. The summed E-state index contributed by atoms with van der Waals surface area (Å²) in [4.78, 5) is 0. The topological polar surface area (TPSA) is 20.2 Å². The fourth-order valence-electron chi connectivity index (χ4n) is 4.04. The van der Waals surface area contributed by atoms with Crippen molar-refractivity contribution in [3.05, 3.63) is 34.6 Å². The van der Waals surface area contributed by atoms with E-state index in [9.17, 15) is 9.50 Å². The van der Waals surface area contributed by atoms with Gasteiger partial charge in [-0.3, -0.25) is 0 Å².